The number of nitrogens with one attached hydrogen (secondary N) is 1. The van der Waals surface area contributed by atoms with Crippen LogP contribution in [0.2, 0.25) is 5.02 Å². The SMILES string of the molecule is COc1cc(C(F)(F)[C@H](NS(=O)(=O)c2ccc3cc(OC4CCCC4)ccc3c2)C(=O)N2C3CCC2CC(N)C3)ccc1-c1ccc(Cl)cc1.O=C(O)C(F)(F)F. The Morgan fingerprint density at radius 1 is 0.877 bits per heavy atom. The number of rotatable bonds is 10. The first-order valence-electron chi connectivity index (χ1n) is 18.3. The topological polar surface area (TPSA) is 148 Å². The molecule has 2 heterocycles. The third-order valence-corrected chi connectivity index (χ3v) is 12.3. The molecule has 1 saturated carbocycles. The minimum Gasteiger partial charge on any atom is -0.496 e. The zero-order valence-corrected chi connectivity index (χ0v) is 32.2. The number of sulfonamides is 1. The first-order chi connectivity index (χ1) is 26.9. The van der Waals surface area contributed by atoms with E-state index in [2.05, 4.69) is 4.72 Å². The number of piperidine rings is 1. The molecular weight excluding hydrogens is 797 g/mol. The van der Waals surface area contributed by atoms with Crippen LogP contribution in [0.5, 0.6) is 11.5 Å². The first-order valence-corrected chi connectivity index (χ1v) is 20.2. The minimum absolute atomic E-state index is 0.133. The van der Waals surface area contributed by atoms with Crippen molar-refractivity contribution in [1.29, 1.82) is 0 Å². The molecule has 2 aliphatic heterocycles. The molecule has 1 aliphatic carbocycles. The fraction of sp³-hybridized carbons (Fsp3) is 0.400. The molecule has 10 nitrogen and oxygen atoms in total. The van der Waals surface area contributed by atoms with Crippen molar-refractivity contribution in [2.45, 2.75) is 98.6 Å². The molecule has 4 aromatic rings. The van der Waals surface area contributed by atoms with Gasteiger partial charge in [-0.3, -0.25) is 4.79 Å². The number of ether oxygens (including phenoxy) is 2. The number of hydrogen-bond donors (Lipinski definition) is 3. The number of carbonyl (C=O) groups excluding carboxylic acids is 1. The van der Waals surface area contributed by atoms with Crippen molar-refractivity contribution in [3.8, 4) is 22.6 Å². The number of methoxy groups -OCH3 is 1. The molecule has 1 amide bonds. The molecule has 306 valence electrons. The number of halogens is 6. The van der Waals surface area contributed by atoms with Crippen LogP contribution in [0, 0.1) is 0 Å². The molecule has 3 fully saturated rings. The van der Waals surface area contributed by atoms with Crippen LogP contribution in [0.4, 0.5) is 22.0 Å². The smallest absolute Gasteiger partial charge is 0.490 e. The van der Waals surface area contributed by atoms with Crippen LogP contribution >= 0.6 is 11.6 Å². The second-order valence-corrected chi connectivity index (χ2v) is 16.6. The van der Waals surface area contributed by atoms with Gasteiger partial charge in [-0.25, -0.2) is 13.2 Å². The molecule has 7 rings (SSSR count). The fourth-order valence-electron chi connectivity index (χ4n) is 7.80. The van der Waals surface area contributed by atoms with E-state index in [4.69, 9.17) is 36.7 Å². The van der Waals surface area contributed by atoms with Gasteiger partial charge >= 0.3 is 12.1 Å². The highest BCUT2D eigenvalue weighted by atomic mass is 35.5. The van der Waals surface area contributed by atoms with Crippen LogP contribution in [-0.4, -0.2) is 73.9 Å². The van der Waals surface area contributed by atoms with Gasteiger partial charge in [0.15, 0.2) is 6.04 Å². The largest absolute Gasteiger partial charge is 0.496 e. The maximum atomic E-state index is 16.9. The molecule has 4 N–H and O–H groups in total. The van der Waals surface area contributed by atoms with E-state index in [9.17, 15) is 26.4 Å². The monoisotopic (exact) mass is 837 g/mol. The lowest BCUT2D eigenvalue weighted by Crippen LogP contribution is -2.60. The van der Waals surface area contributed by atoms with Crippen molar-refractivity contribution in [3.63, 3.8) is 0 Å². The zero-order chi connectivity index (χ0) is 41.3. The summed E-state index contributed by atoms with van der Waals surface area (Å²) in [4.78, 5) is 24.4. The van der Waals surface area contributed by atoms with E-state index >= 15 is 8.78 Å². The minimum atomic E-state index is -5.08. The summed E-state index contributed by atoms with van der Waals surface area (Å²) in [5.74, 6) is -6.89. The molecular formula is C40H41ClF5N3O7S. The summed E-state index contributed by atoms with van der Waals surface area (Å²) in [6.07, 6.45) is 1.50. The normalized spacial score (nSPS) is 20.5. The quantitative estimate of drug-likeness (QED) is 0.136. The maximum absolute atomic E-state index is 16.9. The van der Waals surface area contributed by atoms with Gasteiger partial charge in [-0.15, -0.1) is 0 Å². The summed E-state index contributed by atoms with van der Waals surface area (Å²) in [6.45, 7) is 0. The number of nitrogens with zero attached hydrogens (tertiary/aromatic N) is 1. The number of alkyl halides is 5. The maximum Gasteiger partial charge on any atom is 0.490 e. The lowest BCUT2D eigenvalue weighted by molar-refractivity contribution is -0.192. The second-order valence-electron chi connectivity index (χ2n) is 14.5. The summed E-state index contributed by atoms with van der Waals surface area (Å²) >= 11 is 6.05. The molecule has 2 unspecified atom stereocenters. The molecule has 57 heavy (non-hydrogen) atoms. The Morgan fingerprint density at radius 2 is 1.47 bits per heavy atom. The van der Waals surface area contributed by atoms with Crippen LogP contribution in [0.3, 0.4) is 0 Å². The average Bonchev–Trinajstić information content (AvgIpc) is 3.78. The lowest BCUT2D eigenvalue weighted by atomic mass is 9.93. The van der Waals surface area contributed by atoms with Crippen LogP contribution in [0.15, 0.2) is 83.8 Å². The summed E-state index contributed by atoms with van der Waals surface area (Å²) in [6, 6.07) is 17.1. The van der Waals surface area contributed by atoms with E-state index in [1.54, 1.807) is 42.5 Å². The number of carbonyl (C=O) groups is 2. The van der Waals surface area contributed by atoms with E-state index in [1.165, 1.54) is 36.3 Å². The van der Waals surface area contributed by atoms with E-state index in [1.807, 2.05) is 6.07 Å². The van der Waals surface area contributed by atoms with Gasteiger partial charge in [-0.2, -0.15) is 26.7 Å². The molecule has 0 aromatic heterocycles. The predicted octanol–water partition coefficient (Wildman–Crippen LogP) is 8.04. The lowest BCUT2D eigenvalue weighted by Gasteiger charge is -2.41. The number of aliphatic carboxylic acids is 1. The van der Waals surface area contributed by atoms with Crippen LogP contribution in [-0.2, 0) is 25.5 Å². The van der Waals surface area contributed by atoms with E-state index in [-0.39, 0.29) is 34.9 Å². The van der Waals surface area contributed by atoms with Crippen molar-refractivity contribution < 1.29 is 54.5 Å². The number of hydrogen-bond acceptors (Lipinski definition) is 7. The Morgan fingerprint density at radius 3 is 2.07 bits per heavy atom. The summed E-state index contributed by atoms with van der Waals surface area (Å²) in [7, 11) is -3.27. The summed E-state index contributed by atoms with van der Waals surface area (Å²) < 4.78 is 107. The van der Waals surface area contributed by atoms with Gasteiger partial charge in [0.1, 0.15) is 11.5 Å². The number of amides is 1. The van der Waals surface area contributed by atoms with E-state index < -0.39 is 45.6 Å². The first kappa shape index (κ1) is 42.1. The van der Waals surface area contributed by atoms with Gasteiger partial charge < -0.3 is 25.2 Å². The van der Waals surface area contributed by atoms with Crippen molar-refractivity contribution in [2.75, 3.05) is 7.11 Å². The molecule has 2 bridgehead atoms. The predicted molar refractivity (Wildman–Crippen MR) is 203 cm³/mol. The number of carboxylic acid groups (broad SMARTS) is 1. The van der Waals surface area contributed by atoms with Gasteiger partial charge in [0, 0.05) is 34.3 Å². The number of nitrogens with two attached hydrogens (primary N) is 1. The molecule has 3 atom stereocenters. The Balaban J connectivity index is 0.000000719. The second kappa shape index (κ2) is 16.8. The highest BCUT2D eigenvalue weighted by Gasteiger charge is 2.54. The van der Waals surface area contributed by atoms with Crippen molar-refractivity contribution in [1.82, 2.24) is 9.62 Å². The van der Waals surface area contributed by atoms with E-state index in [0.29, 0.717) is 53.0 Å². The van der Waals surface area contributed by atoms with Crippen molar-refractivity contribution in [2.24, 2.45) is 5.73 Å². The molecule has 2 saturated heterocycles. The van der Waals surface area contributed by atoms with E-state index in [0.717, 1.165) is 37.1 Å². The summed E-state index contributed by atoms with van der Waals surface area (Å²) in [5, 5.41) is 8.97. The number of carboxylic acids is 1. The number of fused-ring (bicyclic) bond motifs is 3. The molecule has 3 aliphatic rings. The van der Waals surface area contributed by atoms with Gasteiger partial charge in [-0.05, 0) is 110 Å². The van der Waals surface area contributed by atoms with Crippen LogP contribution in [0.25, 0.3) is 21.9 Å². The number of benzene rings is 4. The standard InChI is InChI=1S/C38H40ClF2N3O5S.C2HF3O2/c1-48-35-20-26(10-17-34(35)23-6-11-27(39)12-7-23)38(40,41)36(37(45)44-29-13-14-30(44)22-28(42)21-29)43-50(46,47)33-16-9-24-18-32(15-8-25(24)19-33)49-31-4-2-3-5-31;3-2(4,5)1(6)7/h6-12,15-20,28-31,36,43H,2-5,13-14,21-22,42H2,1H3;(H,6,7)/t28?,29?,30?,36-;/m1./s1. The fourth-order valence-corrected chi connectivity index (χ4v) is 9.16. The molecule has 0 radical (unpaired) electrons. The Bertz CT molecular complexity index is 2210. The Kier molecular flexibility index (Phi) is 12.4. The van der Waals surface area contributed by atoms with Crippen LogP contribution in [0.1, 0.15) is 56.9 Å². The van der Waals surface area contributed by atoms with Gasteiger partial charge in [0.2, 0.25) is 15.9 Å². The van der Waals surface area contributed by atoms with Gasteiger partial charge in [-0.1, -0.05) is 48.0 Å². The Hall–Kier alpha value is -4.51. The third kappa shape index (κ3) is 9.46. The van der Waals surface area contributed by atoms with Gasteiger partial charge in [0.05, 0.1) is 18.1 Å². The third-order valence-electron chi connectivity index (χ3n) is 10.6. The molecule has 4 aromatic carbocycles. The van der Waals surface area contributed by atoms with Crippen molar-refractivity contribution in [3.05, 3.63) is 89.4 Å². The molecule has 0 spiro atoms. The zero-order valence-electron chi connectivity index (χ0n) is 30.6. The average molecular weight is 838 g/mol. The highest BCUT2D eigenvalue weighted by molar-refractivity contribution is 7.89. The summed E-state index contributed by atoms with van der Waals surface area (Å²) in [5.41, 5.74) is 6.87. The van der Waals surface area contributed by atoms with Gasteiger partial charge in [0.25, 0.3) is 5.92 Å². The Labute approximate surface area is 331 Å². The molecule has 17 heteroatoms. The highest BCUT2D eigenvalue weighted by Crippen LogP contribution is 2.42. The van der Waals surface area contributed by atoms with Crippen LogP contribution < -0.4 is 19.9 Å². The van der Waals surface area contributed by atoms with Crippen molar-refractivity contribution >= 4 is 44.3 Å².